The van der Waals surface area contributed by atoms with Crippen LogP contribution in [0.1, 0.15) is 11.6 Å². The average Bonchev–Trinajstić information content (AvgIpc) is 2.42. The zero-order valence-corrected chi connectivity index (χ0v) is 11.5. The number of nitrogens with one attached hydrogen (secondary N) is 1. The minimum Gasteiger partial charge on any atom is -0.508 e. The first-order valence-electron chi connectivity index (χ1n) is 6.01. The van der Waals surface area contributed by atoms with Gasteiger partial charge in [-0.1, -0.05) is 30.3 Å². The van der Waals surface area contributed by atoms with Gasteiger partial charge in [0.1, 0.15) is 11.8 Å². The van der Waals surface area contributed by atoms with E-state index in [1.54, 1.807) is 30.3 Å². The average molecular weight is 316 g/mol. The van der Waals surface area contributed by atoms with Gasteiger partial charge in [0, 0.05) is 5.56 Å². The largest absolute Gasteiger partial charge is 0.508 e. The molecule has 2 N–H and O–H groups in total. The van der Waals surface area contributed by atoms with Crippen LogP contribution in [-0.2, 0) is 4.74 Å². The SMILES string of the molecule is Cl.O=C1N[C@H](c2c(O)ccc3ccccc23)C(F)(F)CO1. The van der Waals surface area contributed by atoms with Crippen molar-refractivity contribution in [1.29, 1.82) is 0 Å². The molecule has 0 spiro atoms. The Labute approximate surface area is 125 Å². The highest BCUT2D eigenvalue weighted by Gasteiger charge is 2.48. The fourth-order valence-corrected chi connectivity index (χ4v) is 2.38. The second kappa shape index (κ2) is 5.37. The zero-order chi connectivity index (χ0) is 14.3. The molecule has 1 amide bonds. The molecule has 0 saturated carbocycles. The van der Waals surface area contributed by atoms with E-state index in [4.69, 9.17) is 0 Å². The number of amides is 1. The van der Waals surface area contributed by atoms with Crippen LogP contribution in [-0.4, -0.2) is 23.7 Å². The maximum absolute atomic E-state index is 14.0. The quantitative estimate of drug-likeness (QED) is 0.848. The highest BCUT2D eigenvalue weighted by atomic mass is 35.5. The van der Waals surface area contributed by atoms with E-state index >= 15 is 0 Å². The second-order valence-corrected chi connectivity index (χ2v) is 4.63. The first kappa shape index (κ1) is 15.3. The van der Waals surface area contributed by atoms with Crippen molar-refractivity contribution >= 4 is 29.3 Å². The molecule has 0 radical (unpaired) electrons. The maximum atomic E-state index is 14.0. The molecule has 1 heterocycles. The summed E-state index contributed by atoms with van der Waals surface area (Å²) in [6, 6.07) is 8.19. The van der Waals surface area contributed by atoms with Gasteiger partial charge in [-0.15, -0.1) is 12.4 Å². The lowest BCUT2D eigenvalue weighted by Gasteiger charge is -2.32. The Morgan fingerprint density at radius 1 is 1.24 bits per heavy atom. The summed E-state index contributed by atoms with van der Waals surface area (Å²) in [4.78, 5) is 11.2. The summed E-state index contributed by atoms with van der Waals surface area (Å²) in [5.41, 5.74) is 0.00440. The summed E-state index contributed by atoms with van der Waals surface area (Å²) in [5.74, 6) is -3.58. The fraction of sp³-hybridized carbons (Fsp3) is 0.214. The molecule has 0 aromatic heterocycles. The van der Waals surface area contributed by atoms with Gasteiger partial charge < -0.3 is 15.2 Å². The summed E-state index contributed by atoms with van der Waals surface area (Å²) in [7, 11) is 0. The summed E-state index contributed by atoms with van der Waals surface area (Å²) < 4.78 is 32.3. The van der Waals surface area contributed by atoms with E-state index in [0.29, 0.717) is 10.8 Å². The number of cyclic esters (lactones) is 1. The molecule has 3 rings (SSSR count). The highest BCUT2D eigenvalue weighted by molar-refractivity contribution is 5.89. The highest BCUT2D eigenvalue weighted by Crippen LogP contribution is 2.41. The van der Waals surface area contributed by atoms with Crippen molar-refractivity contribution < 1.29 is 23.4 Å². The lowest BCUT2D eigenvalue weighted by molar-refractivity contribution is -0.104. The Kier molecular flexibility index (Phi) is 3.91. The molecule has 0 unspecified atom stereocenters. The van der Waals surface area contributed by atoms with Crippen LogP contribution in [0.3, 0.4) is 0 Å². The van der Waals surface area contributed by atoms with E-state index in [-0.39, 0.29) is 23.7 Å². The molecule has 1 aliphatic rings. The number of fused-ring (bicyclic) bond motifs is 1. The number of phenols is 1. The lowest BCUT2D eigenvalue weighted by Crippen LogP contribution is -2.49. The normalized spacial score (nSPS) is 20.3. The van der Waals surface area contributed by atoms with Crippen molar-refractivity contribution in [3.63, 3.8) is 0 Å². The number of alkyl carbamates (subject to hydrolysis) is 1. The molecule has 0 aliphatic carbocycles. The van der Waals surface area contributed by atoms with Gasteiger partial charge in [-0.05, 0) is 16.8 Å². The van der Waals surface area contributed by atoms with Crippen molar-refractivity contribution in [2.24, 2.45) is 0 Å². The van der Waals surface area contributed by atoms with Crippen molar-refractivity contribution in [3.05, 3.63) is 42.0 Å². The smallest absolute Gasteiger partial charge is 0.408 e. The van der Waals surface area contributed by atoms with Gasteiger partial charge in [0.2, 0.25) is 0 Å². The number of carbonyl (C=O) groups excluding carboxylic acids is 1. The topological polar surface area (TPSA) is 58.6 Å². The Balaban J connectivity index is 0.00000161. The molecule has 2 aromatic rings. The Bertz CT molecular complexity index is 693. The lowest BCUT2D eigenvalue weighted by atomic mass is 9.93. The second-order valence-electron chi connectivity index (χ2n) is 4.63. The molecule has 1 saturated heterocycles. The van der Waals surface area contributed by atoms with E-state index in [0.717, 1.165) is 0 Å². The molecule has 1 atom stereocenters. The van der Waals surface area contributed by atoms with E-state index in [1.807, 2.05) is 0 Å². The van der Waals surface area contributed by atoms with Gasteiger partial charge in [0.05, 0.1) is 0 Å². The van der Waals surface area contributed by atoms with Gasteiger partial charge in [-0.3, -0.25) is 0 Å². The minimum absolute atomic E-state index is 0. The van der Waals surface area contributed by atoms with Gasteiger partial charge in [-0.2, -0.15) is 0 Å². The van der Waals surface area contributed by atoms with Crippen molar-refractivity contribution in [3.8, 4) is 5.75 Å². The molecule has 1 fully saturated rings. The van der Waals surface area contributed by atoms with Crippen LogP contribution in [0.5, 0.6) is 5.75 Å². The number of hydrogen-bond acceptors (Lipinski definition) is 3. The number of benzene rings is 2. The summed E-state index contributed by atoms with van der Waals surface area (Å²) in [5, 5.41) is 13.2. The molecular weight excluding hydrogens is 304 g/mol. The van der Waals surface area contributed by atoms with Crippen molar-refractivity contribution in [2.75, 3.05) is 6.61 Å². The summed E-state index contributed by atoms with van der Waals surface area (Å²) >= 11 is 0. The van der Waals surface area contributed by atoms with Gasteiger partial charge in [-0.25, -0.2) is 13.6 Å². The van der Waals surface area contributed by atoms with E-state index in [9.17, 15) is 18.7 Å². The van der Waals surface area contributed by atoms with Crippen molar-refractivity contribution in [1.82, 2.24) is 5.32 Å². The van der Waals surface area contributed by atoms with Crippen LogP contribution < -0.4 is 5.32 Å². The first-order chi connectivity index (χ1) is 9.49. The van der Waals surface area contributed by atoms with Crippen LogP contribution in [0, 0.1) is 0 Å². The third-order valence-electron chi connectivity index (χ3n) is 3.32. The summed E-state index contributed by atoms with van der Waals surface area (Å²) in [6.45, 7) is -1.01. The number of phenolic OH excluding ortho intramolecular Hbond substituents is 1. The van der Waals surface area contributed by atoms with Gasteiger partial charge >= 0.3 is 12.0 Å². The standard InChI is InChI=1S/C14H11F2NO3.ClH/c15-14(16)7-20-13(19)17-12(14)11-9-4-2-1-3-8(9)5-6-10(11)18;/h1-6,12,18H,7H2,(H,17,19);1H/t12-;/m1./s1. The number of carbonyl (C=O) groups is 1. The van der Waals surface area contributed by atoms with Gasteiger partial charge in [0.25, 0.3) is 0 Å². The monoisotopic (exact) mass is 315 g/mol. The number of aromatic hydroxyl groups is 1. The molecule has 0 bridgehead atoms. The van der Waals surface area contributed by atoms with E-state index in [2.05, 4.69) is 10.1 Å². The predicted molar refractivity (Wildman–Crippen MR) is 75.0 cm³/mol. The molecule has 1 aliphatic heterocycles. The number of ether oxygens (including phenoxy) is 1. The van der Waals surface area contributed by atoms with Gasteiger partial charge in [0.15, 0.2) is 6.61 Å². The third kappa shape index (κ3) is 2.58. The molecular formula is C14H12ClF2NO3. The summed E-state index contributed by atoms with van der Waals surface area (Å²) in [6.07, 6.45) is -0.923. The van der Waals surface area contributed by atoms with Crippen LogP contribution in [0.2, 0.25) is 0 Å². The number of rotatable bonds is 1. The Morgan fingerprint density at radius 2 is 1.95 bits per heavy atom. The van der Waals surface area contributed by atoms with Crippen LogP contribution in [0.15, 0.2) is 36.4 Å². The molecule has 112 valence electrons. The van der Waals surface area contributed by atoms with Crippen molar-refractivity contribution in [2.45, 2.75) is 12.0 Å². The van der Waals surface area contributed by atoms with E-state index < -0.39 is 24.7 Å². The molecule has 2 aromatic carbocycles. The third-order valence-corrected chi connectivity index (χ3v) is 3.32. The maximum Gasteiger partial charge on any atom is 0.408 e. The first-order valence-corrected chi connectivity index (χ1v) is 6.01. The Morgan fingerprint density at radius 3 is 2.71 bits per heavy atom. The zero-order valence-electron chi connectivity index (χ0n) is 10.7. The number of halogens is 3. The number of hydrogen-bond donors (Lipinski definition) is 2. The van der Waals surface area contributed by atoms with Crippen LogP contribution in [0.4, 0.5) is 13.6 Å². The minimum atomic E-state index is -3.30. The van der Waals surface area contributed by atoms with Crippen LogP contribution in [0.25, 0.3) is 10.8 Å². The molecule has 7 heteroatoms. The predicted octanol–water partition coefficient (Wildman–Crippen LogP) is 3.38. The molecule has 4 nitrogen and oxygen atoms in total. The van der Waals surface area contributed by atoms with E-state index in [1.165, 1.54) is 6.07 Å². The fourth-order valence-electron chi connectivity index (χ4n) is 2.38. The Hall–Kier alpha value is -2.08. The van der Waals surface area contributed by atoms with Crippen LogP contribution >= 0.6 is 12.4 Å². The number of alkyl halides is 2. The molecule has 21 heavy (non-hydrogen) atoms.